The van der Waals surface area contributed by atoms with E-state index in [0.717, 1.165) is 45.3 Å². The molecule has 1 N–H and O–H groups in total. The van der Waals surface area contributed by atoms with Crippen LogP contribution < -0.4 is 14.8 Å². The Bertz CT molecular complexity index is 706. The van der Waals surface area contributed by atoms with Crippen LogP contribution in [-0.2, 0) is 9.53 Å². The fourth-order valence-electron chi connectivity index (χ4n) is 3.82. The molecule has 0 spiro atoms. The first-order chi connectivity index (χ1) is 14.1. The quantitative estimate of drug-likeness (QED) is 0.706. The van der Waals surface area contributed by atoms with Crippen molar-refractivity contribution >= 4 is 17.6 Å². The van der Waals surface area contributed by atoms with Gasteiger partial charge in [-0.25, -0.2) is 4.79 Å². The summed E-state index contributed by atoms with van der Waals surface area (Å²) in [5.41, 5.74) is 0.645. The van der Waals surface area contributed by atoms with Crippen LogP contribution in [0.15, 0.2) is 18.2 Å². The van der Waals surface area contributed by atoms with E-state index >= 15 is 0 Å². The zero-order chi connectivity index (χ0) is 20.6. The monoisotopic (exact) mass is 405 g/mol. The Morgan fingerprint density at radius 3 is 2.52 bits per heavy atom. The van der Waals surface area contributed by atoms with Crippen LogP contribution in [0.1, 0.15) is 25.7 Å². The summed E-state index contributed by atoms with van der Waals surface area (Å²) < 4.78 is 16.0. The van der Waals surface area contributed by atoms with Crippen LogP contribution in [0.4, 0.5) is 10.5 Å². The second kappa shape index (κ2) is 10.3. The average Bonchev–Trinajstić information content (AvgIpc) is 3.28. The SMILES string of the molecule is COCCOc1cc(NC(=O)[C@@H]2CCCN(C(=O)N3CCCC3)C2)ccc1OC. The van der Waals surface area contributed by atoms with Crippen molar-refractivity contribution in [3.05, 3.63) is 18.2 Å². The molecular formula is C21H31N3O5. The van der Waals surface area contributed by atoms with Gasteiger partial charge in [0.05, 0.1) is 19.6 Å². The number of carbonyl (C=O) groups excluding carboxylic acids is 2. The summed E-state index contributed by atoms with van der Waals surface area (Å²) >= 11 is 0. The first kappa shape index (κ1) is 21.2. The third-order valence-electron chi connectivity index (χ3n) is 5.42. The van der Waals surface area contributed by atoms with Crippen molar-refractivity contribution in [2.24, 2.45) is 5.92 Å². The van der Waals surface area contributed by atoms with Gasteiger partial charge in [-0.3, -0.25) is 4.79 Å². The molecule has 1 aromatic rings. The van der Waals surface area contributed by atoms with Crippen LogP contribution in [0.2, 0.25) is 0 Å². The Morgan fingerprint density at radius 1 is 1.03 bits per heavy atom. The molecule has 2 aliphatic heterocycles. The summed E-state index contributed by atoms with van der Waals surface area (Å²) in [4.78, 5) is 29.2. The Balaban J connectivity index is 1.60. The van der Waals surface area contributed by atoms with Crippen molar-refractivity contribution in [1.29, 1.82) is 0 Å². The van der Waals surface area contributed by atoms with E-state index in [9.17, 15) is 9.59 Å². The van der Waals surface area contributed by atoms with E-state index in [-0.39, 0.29) is 17.9 Å². The van der Waals surface area contributed by atoms with Crippen LogP contribution in [0.3, 0.4) is 0 Å². The van der Waals surface area contributed by atoms with Crippen LogP contribution in [0.5, 0.6) is 11.5 Å². The number of nitrogens with one attached hydrogen (secondary N) is 1. The first-order valence-electron chi connectivity index (χ1n) is 10.3. The predicted molar refractivity (Wildman–Crippen MR) is 109 cm³/mol. The van der Waals surface area contributed by atoms with Crippen LogP contribution in [0.25, 0.3) is 0 Å². The molecule has 0 saturated carbocycles. The summed E-state index contributed by atoms with van der Waals surface area (Å²) in [6.07, 6.45) is 3.75. The smallest absolute Gasteiger partial charge is 0.320 e. The molecule has 160 valence electrons. The fraction of sp³-hybridized carbons (Fsp3) is 0.619. The summed E-state index contributed by atoms with van der Waals surface area (Å²) in [6.45, 7) is 3.69. The van der Waals surface area contributed by atoms with Gasteiger partial charge in [0, 0.05) is 45.0 Å². The Kier molecular flexibility index (Phi) is 7.57. The minimum Gasteiger partial charge on any atom is -0.493 e. The van der Waals surface area contributed by atoms with Gasteiger partial charge in [-0.1, -0.05) is 0 Å². The van der Waals surface area contributed by atoms with Gasteiger partial charge in [-0.05, 0) is 37.8 Å². The fourth-order valence-corrected chi connectivity index (χ4v) is 3.82. The zero-order valence-electron chi connectivity index (χ0n) is 17.3. The van der Waals surface area contributed by atoms with Crippen LogP contribution in [-0.4, -0.2) is 75.4 Å². The number of hydrogen-bond acceptors (Lipinski definition) is 5. The molecule has 0 aromatic heterocycles. The molecule has 0 aliphatic carbocycles. The maximum Gasteiger partial charge on any atom is 0.320 e. The maximum atomic E-state index is 12.8. The number of urea groups is 1. The van der Waals surface area contributed by atoms with E-state index in [0.29, 0.717) is 36.9 Å². The average molecular weight is 405 g/mol. The molecule has 2 fully saturated rings. The summed E-state index contributed by atoms with van der Waals surface area (Å²) in [7, 11) is 3.18. The van der Waals surface area contributed by atoms with Gasteiger partial charge in [0.15, 0.2) is 11.5 Å². The van der Waals surface area contributed by atoms with Crippen LogP contribution in [0, 0.1) is 5.92 Å². The van der Waals surface area contributed by atoms with Crippen molar-refractivity contribution < 1.29 is 23.8 Å². The van der Waals surface area contributed by atoms with Gasteiger partial charge in [0.2, 0.25) is 5.91 Å². The van der Waals surface area contributed by atoms with Crippen LogP contribution >= 0.6 is 0 Å². The number of hydrogen-bond donors (Lipinski definition) is 1. The number of piperidine rings is 1. The summed E-state index contributed by atoms with van der Waals surface area (Å²) in [6, 6.07) is 5.37. The molecule has 8 nitrogen and oxygen atoms in total. The highest BCUT2D eigenvalue weighted by atomic mass is 16.5. The molecule has 8 heteroatoms. The summed E-state index contributed by atoms with van der Waals surface area (Å²) in [5, 5.41) is 2.97. The molecule has 2 saturated heterocycles. The molecular weight excluding hydrogens is 374 g/mol. The third kappa shape index (κ3) is 5.53. The lowest BCUT2D eigenvalue weighted by Crippen LogP contribution is -2.48. The number of rotatable bonds is 7. The number of anilines is 1. The highest BCUT2D eigenvalue weighted by Gasteiger charge is 2.31. The molecule has 0 bridgehead atoms. The lowest BCUT2D eigenvalue weighted by molar-refractivity contribution is -0.121. The maximum absolute atomic E-state index is 12.8. The molecule has 1 aromatic carbocycles. The van der Waals surface area contributed by atoms with E-state index in [1.165, 1.54) is 0 Å². The predicted octanol–water partition coefficient (Wildman–Crippen LogP) is 2.59. The van der Waals surface area contributed by atoms with E-state index in [1.54, 1.807) is 32.4 Å². The number of benzene rings is 1. The molecule has 29 heavy (non-hydrogen) atoms. The van der Waals surface area contributed by atoms with Gasteiger partial charge >= 0.3 is 6.03 Å². The number of amides is 3. The molecule has 2 aliphatic rings. The van der Waals surface area contributed by atoms with Crippen molar-refractivity contribution in [3.63, 3.8) is 0 Å². The number of carbonyl (C=O) groups is 2. The van der Waals surface area contributed by atoms with Gasteiger partial charge in [-0.2, -0.15) is 0 Å². The largest absolute Gasteiger partial charge is 0.493 e. The van der Waals surface area contributed by atoms with Crippen molar-refractivity contribution in [1.82, 2.24) is 9.80 Å². The van der Waals surface area contributed by atoms with E-state index in [1.807, 2.05) is 9.80 Å². The highest BCUT2D eigenvalue weighted by molar-refractivity contribution is 5.93. The molecule has 3 rings (SSSR count). The topological polar surface area (TPSA) is 80.3 Å². The molecule has 3 amide bonds. The highest BCUT2D eigenvalue weighted by Crippen LogP contribution is 2.31. The second-order valence-electron chi connectivity index (χ2n) is 7.46. The van der Waals surface area contributed by atoms with Gasteiger partial charge in [0.1, 0.15) is 6.61 Å². The lowest BCUT2D eigenvalue weighted by atomic mass is 9.97. The van der Waals surface area contributed by atoms with Crippen molar-refractivity contribution in [2.75, 3.05) is 58.9 Å². The third-order valence-corrected chi connectivity index (χ3v) is 5.42. The Hall–Kier alpha value is -2.48. The van der Waals surface area contributed by atoms with Gasteiger partial charge in [0.25, 0.3) is 0 Å². The first-order valence-corrected chi connectivity index (χ1v) is 10.3. The number of likely N-dealkylation sites (tertiary alicyclic amines) is 2. The lowest BCUT2D eigenvalue weighted by Gasteiger charge is -2.34. The van der Waals surface area contributed by atoms with Gasteiger partial charge < -0.3 is 29.3 Å². The molecule has 0 radical (unpaired) electrons. The van der Waals surface area contributed by atoms with Crippen molar-refractivity contribution in [2.45, 2.75) is 25.7 Å². The number of nitrogens with zero attached hydrogens (tertiary/aromatic N) is 2. The number of methoxy groups -OCH3 is 2. The van der Waals surface area contributed by atoms with E-state index in [2.05, 4.69) is 5.32 Å². The minimum absolute atomic E-state index is 0.0678. The van der Waals surface area contributed by atoms with E-state index in [4.69, 9.17) is 14.2 Å². The number of ether oxygens (including phenoxy) is 3. The Labute approximate surface area is 172 Å². The van der Waals surface area contributed by atoms with E-state index < -0.39 is 0 Å². The van der Waals surface area contributed by atoms with Gasteiger partial charge in [-0.15, -0.1) is 0 Å². The molecule has 2 heterocycles. The summed E-state index contributed by atoms with van der Waals surface area (Å²) in [5.74, 6) is 0.864. The Morgan fingerprint density at radius 2 is 1.79 bits per heavy atom. The second-order valence-corrected chi connectivity index (χ2v) is 7.46. The van der Waals surface area contributed by atoms with Crippen molar-refractivity contribution in [3.8, 4) is 11.5 Å². The standard InChI is InChI=1S/C21H31N3O5/c1-27-12-13-29-19-14-17(7-8-18(19)28-2)22-20(25)16-6-5-11-24(15-16)21(26)23-9-3-4-10-23/h7-8,14,16H,3-6,9-13,15H2,1-2H3,(H,22,25)/t16-/m1/s1. The normalized spacial score (nSPS) is 19.2. The zero-order valence-corrected chi connectivity index (χ0v) is 17.3. The molecule has 1 atom stereocenters. The molecule has 0 unspecified atom stereocenters. The minimum atomic E-state index is -0.213.